The van der Waals surface area contributed by atoms with E-state index in [-0.39, 0.29) is 24.2 Å². The van der Waals surface area contributed by atoms with Gasteiger partial charge in [-0.05, 0) is 31.5 Å². The second kappa shape index (κ2) is 10.5. The summed E-state index contributed by atoms with van der Waals surface area (Å²) in [6.45, 7) is 5.34. The number of ketones is 1. The maximum Gasteiger partial charge on any atom is 0.379 e. The maximum absolute atomic E-state index is 13.2. The monoisotopic (exact) mass is 514 g/mol. The molecule has 0 saturated heterocycles. The minimum absolute atomic E-state index is 0.0813. The van der Waals surface area contributed by atoms with Crippen LogP contribution in [-0.2, 0) is 28.7 Å². The standard InChI is InChI=1S/C23H23FN6O7/c1-11(31)21(35)37-16-15(17(32)25-10-13-6-8-14(24)9-7-13)26-22(30(5)20(16)34)23(3,4)27-18(33)19-29-28-12(2)36-19/h6-9H,10H2,1-5H3,(H,25,32)(H,27,33). The van der Waals surface area contributed by atoms with Crippen LogP contribution >= 0.6 is 0 Å². The average Bonchev–Trinajstić information content (AvgIpc) is 3.27. The third-order valence-electron chi connectivity index (χ3n) is 5.02. The van der Waals surface area contributed by atoms with Crippen LogP contribution in [0.15, 0.2) is 33.5 Å². The summed E-state index contributed by atoms with van der Waals surface area (Å²) < 4.78 is 24.2. The van der Waals surface area contributed by atoms with Crippen LogP contribution in [-0.4, -0.2) is 43.3 Å². The van der Waals surface area contributed by atoms with Crippen molar-refractivity contribution in [2.24, 2.45) is 7.05 Å². The first-order chi connectivity index (χ1) is 17.3. The predicted molar refractivity (Wildman–Crippen MR) is 123 cm³/mol. The Morgan fingerprint density at radius 3 is 2.32 bits per heavy atom. The highest BCUT2D eigenvalue weighted by Crippen LogP contribution is 2.21. The van der Waals surface area contributed by atoms with Gasteiger partial charge in [-0.2, -0.15) is 0 Å². The van der Waals surface area contributed by atoms with Gasteiger partial charge in [0.2, 0.25) is 17.4 Å². The van der Waals surface area contributed by atoms with Gasteiger partial charge in [-0.25, -0.2) is 14.2 Å². The summed E-state index contributed by atoms with van der Waals surface area (Å²) in [5.74, 6) is -5.60. The van der Waals surface area contributed by atoms with Crippen LogP contribution in [0, 0.1) is 12.7 Å². The Morgan fingerprint density at radius 1 is 1.11 bits per heavy atom. The molecule has 0 saturated carbocycles. The lowest BCUT2D eigenvalue weighted by molar-refractivity contribution is -0.146. The third kappa shape index (κ3) is 6.09. The SMILES string of the molecule is CC(=O)C(=O)Oc1c(C(=O)NCc2ccc(F)cc2)nc(C(C)(C)NC(=O)c2nnc(C)o2)n(C)c1=O. The molecule has 2 aromatic heterocycles. The van der Waals surface area contributed by atoms with E-state index in [1.54, 1.807) is 0 Å². The number of carbonyl (C=O) groups is 4. The smallest absolute Gasteiger partial charge is 0.379 e. The molecule has 0 spiro atoms. The van der Waals surface area contributed by atoms with E-state index in [4.69, 9.17) is 9.15 Å². The normalized spacial score (nSPS) is 11.1. The van der Waals surface area contributed by atoms with Crippen molar-refractivity contribution in [2.45, 2.75) is 39.8 Å². The minimum atomic E-state index is -1.39. The van der Waals surface area contributed by atoms with E-state index >= 15 is 0 Å². The van der Waals surface area contributed by atoms with E-state index < -0.39 is 51.9 Å². The summed E-state index contributed by atoms with van der Waals surface area (Å²) >= 11 is 0. The van der Waals surface area contributed by atoms with Gasteiger partial charge in [0.05, 0.1) is 5.54 Å². The Labute approximate surface area is 209 Å². The van der Waals surface area contributed by atoms with Gasteiger partial charge in [-0.15, -0.1) is 10.2 Å². The number of Topliss-reactive ketones (excluding diaryl/α,β-unsaturated/α-hetero) is 1. The molecule has 3 rings (SSSR count). The quantitative estimate of drug-likeness (QED) is 0.321. The van der Waals surface area contributed by atoms with Crippen LogP contribution in [0.5, 0.6) is 5.75 Å². The molecule has 0 aliphatic rings. The minimum Gasteiger partial charge on any atom is -0.417 e. The molecule has 2 N–H and O–H groups in total. The second-order valence-corrected chi connectivity index (χ2v) is 8.44. The van der Waals surface area contributed by atoms with Crippen LogP contribution in [0.2, 0.25) is 0 Å². The lowest BCUT2D eigenvalue weighted by atomic mass is 10.0. The molecule has 0 unspecified atom stereocenters. The molecule has 0 bridgehead atoms. The topological polar surface area (TPSA) is 175 Å². The van der Waals surface area contributed by atoms with Gasteiger partial charge in [0.15, 0.2) is 5.69 Å². The first kappa shape index (κ1) is 26.8. The van der Waals surface area contributed by atoms with Crippen molar-refractivity contribution in [2.75, 3.05) is 0 Å². The molecule has 0 atom stereocenters. The van der Waals surface area contributed by atoms with Crippen LogP contribution < -0.4 is 20.9 Å². The molecule has 3 aromatic rings. The summed E-state index contributed by atoms with van der Waals surface area (Å²) in [7, 11) is 1.28. The molecule has 0 radical (unpaired) electrons. The van der Waals surface area contributed by atoms with Crippen LogP contribution in [0.3, 0.4) is 0 Å². The van der Waals surface area contributed by atoms with E-state index in [2.05, 4.69) is 25.8 Å². The lowest BCUT2D eigenvalue weighted by Gasteiger charge is -2.27. The number of esters is 1. The predicted octanol–water partition coefficient (Wildman–Crippen LogP) is 0.700. The van der Waals surface area contributed by atoms with Gasteiger partial charge < -0.3 is 19.8 Å². The molecule has 2 amide bonds. The number of hydrogen-bond donors (Lipinski definition) is 2. The number of ether oxygens (including phenoxy) is 1. The largest absolute Gasteiger partial charge is 0.417 e. The Bertz CT molecular complexity index is 1440. The summed E-state index contributed by atoms with van der Waals surface area (Å²) in [4.78, 5) is 66.4. The number of hydrogen-bond acceptors (Lipinski definition) is 10. The number of amides is 2. The molecule has 37 heavy (non-hydrogen) atoms. The van der Waals surface area contributed by atoms with Crippen LogP contribution in [0.4, 0.5) is 4.39 Å². The number of rotatable bonds is 8. The summed E-state index contributed by atoms with van der Waals surface area (Å²) in [5, 5.41) is 12.3. The van der Waals surface area contributed by atoms with Gasteiger partial charge in [0.25, 0.3) is 11.5 Å². The van der Waals surface area contributed by atoms with Gasteiger partial charge in [0, 0.05) is 27.4 Å². The van der Waals surface area contributed by atoms with Gasteiger partial charge >= 0.3 is 17.8 Å². The van der Waals surface area contributed by atoms with Crippen LogP contribution in [0.1, 0.15) is 59.2 Å². The van der Waals surface area contributed by atoms with Crippen molar-refractivity contribution in [1.29, 1.82) is 0 Å². The van der Waals surface area contributed by atoms with Crippen LogP contribution in [0.25, 0.3) is 0 Å². The summed E-state index contributed by atoms with van der Waals surface area (Å²) in [5.41, 5.74) is -2.43. The Balaban J connectivity index is 2.02. The second-order valence-electron chi connectivity index (χ2n) is 8.44. The number of nitrogens with one attached hydrogen (secondary N) is 2. The fourth-order valence-electron chi connectivity index (χ4n) is 3.20. The highest BCUT2D eigenvalue weighted by Gasteiger charge is 2.34. The third-order valence-corrected chi connectivity index (χ3v) is 5.02. The zero-order chi connectivity index (χ0) is 27.5. The van der Waals surface area contributed by atoms with Crippen molar-refractivity contribution >= 4 is 23.6 Å². The molecule has 13 nitrogen and oxygen atoms in total. The number of nitrogens with zero attached hydrogens (tertiary/aromatic N) is 4. The number of benzene rings is 1. The highest BCUT2D eigenvalue weighted by molar-refractivity contribution is 6.33. The summed E-state index contributed by atoms with van der Waals surface area (Å²) in [6, 6.07) is 5.28. The molecule has 0 aliphatic carbocycles. The fraction of sp³-hybridized carbons (Fsp3) is 0.304. The highest BCUT2D eigenvalue weighted by atomic mass is 19.1. The zero-order valence-corrected chi connectivity index (χ0v) is 20.5. The molecule has 194 valence electrons. The number of carbonyl (C=O) groups excluding carboxylic acids is 4. The van der Waals surface area contributed by atoms with Crippen molar-refractivity contribution in [3.8, 4) is 5.75 Å². The molecular formula is C23H23FN6O7. The van der Waals surface area contributed by atoms with E-state index in [0.717, 1.165) is 11.5 Å². The fourth-order valence-corrected chi connectivity index (χ4v) is 3.20. The number of halogens is 1. The summed E-state index contributed by atoms with van der Waals surface area (Å²) in [6.07, 6.45) is 0. The van der Waals surface area contributed by atoms with E-state index in [1.165, 1.54) is 52.1 Å². The number of aryl methyl sites for hydroxylation is 1. The Morgan fingerprint density at radius 2 is 1.76 bits per heavy atom. The van der Waals surface area contributed by atoms with E-state index in [0.29, 0.717) is 5.56 Å². The Hall–Kier alpha value is -4.75. The Kier molecular flexibility index (Phi) is 7.60. The molecule has 0 fully saturated rings. The molecule has 14 heteroatoms. The van der Waals surface area contributed by atoms with E-state index in [1.807, 2.05) is 0 Å². The van der Waals surface area contributed by atoms with Gasteiger partial charge in [0.1, 0.15) is 11.6 Å². The molecule has 2 heterocycles. The van der Waals surface area contributed by atoms with Crippen molar-refractivity contribution in [3.63, 3.8) is 0 Å². The molecular weight excluding hydrogens is 491 g/mol. The van der Waals surface area contributed by atoms with Crippen molar-refractivity contribution < 1.29 is 32.7 Å². The van der Waals surface area contributed by atoms with Gasteiger partial charge in [-0.1, -0.05) is 12.1 Å². The lowest BCUT2D eigenvalue weighted by Crippen LogP contribution is -2.46. The first-order valence-electron chi connectivity index (χ1n) is 10.8. The maximum atomic E-state index is 13.2. The molecule has 1 aromatic carbocycles. The van der Waals surface area contributed by atoms with Gasteiger partial charge in [-0.3, -0.25) is 23.7 Å². The zero-order valence-electron chi connectivity index (χ0n) is 20.5. The van der Waals surface area contributed by atoms with Crippen molar-refractivity contribution in [3.05, 3.63) is 69.3 Å². The first-order valence-corrected chi connectivity index (χ1v) is 10.8. The van der Waals surface area contributed by atoms with E-state index in [9.17, 15) is 28.4 Å². The number of aromatic nitrogens is 4. The van der Waals surface area contributed by atoms with Crippen molar-refractivity contribution in [1.82, 2.24) is 30.4 Å². The molecule has 0 aliphatic heterocycles. The average molecular weight is 514 g/mol.